The van der Waals surface area contributed by atoms with Crippen LogP contribution >= 0.6 is 0 Å². The summed E-state index contributed by atoms with van der Waals surface area (Å²) in [5.41, 5.74) is 0. The van der Waals surface area contributed by atoms with Crippen molar-refractivity contribution in [3.63, 3.8) is 0 Å². The molecular formula is C6H14N2. The monoisotopic (exact) mass is 114 g/mol. The fraction of sp³-hybridized carbons (Fsp3) is 0.833. The first-order chi connectivity index (χ1) is 3.91. The van der Waals surface area contributed by atoms with Crippen LogP contribution < -0.4 is 5.32 Å². The SMILES string of the molecule is C1=NCCN1.CCC. The van der Waals surface area contributed by atoms with Crippen LogP contribution in [0.1, 0.15) is 20.3 Å². The largest absolute Gasteiger partial charge is 0.375 e. The molecule has 8 heavy (non-hydrogen) atoms. The van der Waals surface area contributed by atoms with Crippen LogP contribution in [-0.2, 0) is 0 Å². The standard InChI is InChI=1S/C3H6N2.C3H8/c1-2-5-3-4-1;1-3-2/h3H,1-2H2,(H,4,5);3H2,1-2H3. The van der Waals surface area contributed by atoms with E-state index in [4.69, 9.17) is 0 Å². The Morgan fingerprint density at radius 1 is 1.62 bits per heavy atom. The maximum absolute atomic E-state index is 3.85. The highest BCUT2D eigenvalue weighted by molar-refractivity contribution is 5.56. The summed E-state index contributed by atoms with van der Waals surface area (Å²) in [7, 11) is 0. The van der Waals surface area contributed by atoms with E-state index in [1.807, 2.05) is 0 Å². The zero-order valence-electron chi connectivity index (χ0n) is 5.65. The van der Waals surface area contributed by atoms with Crippen molar-refractivity contribution in [1.82, 2.24) is 5.32 Å². The lowest BCUT2D eigenvalue weighted by Crippen LogP contribution is -2.04. The van der Waals surface area contributed by atoms with Crippen molar-refractivity contribution in [2.75, 3.05) is 13.1 Å². The molecule has 0 amide bonds. The second-order valence-corrected chi connectivity index (χ2v) is 1.70. The van der Waals surface area contributed by atoms with Crippen LogP contribution in [0.2, 0.25) is 0 Å². The van der Waals surface area contributed by atoms with Gasteiger partial charge in [0.05, 0.1) is 12.9 Å². The van der Waals surface area contributed by atoms with Gasteiger partial charge in [-0.3, -0.25) is 4.99 Å². The normalized spacial score (nSPS) is 14.2. The molecule has 0 aromatic heterocycles. The Morgan fingerprint density at radius 2 is 2.25 bits per heavy atom. The van der Waals surface area contributed by atoms with Crippen molar-refractivity contribution < 1.29 is 0 Å². The van der Waals surface area contributed by atoms with Gasteiger partial charge in [-0.25, -0.2) is 0 Å². The minimum Gasteiger partial charge on any atom is -0.375 e. The fourth-order valence-corrected chi connectivity index (χ4v) is 0.323. The van der Waals surface area contributed by atoms with Gasteiger partial charge in [0.15, 0.2) is 0 Å². The van der Waals surface area contributed by atoms with Gasteiger partial charge in [0.25, 0.3) is 0 Å². The van der Waals surface area contributed by atoms with E-state index >= 15 is 0 Å². The highest BCUT2D eigenvalue weighted by atomic mass is 15.0. The quantitative estimate of drug-likeness (QED) is 0.500. The van der Waals surface area contributed by atoms with Crippen LogP contribution in [0.5, 0.6) is 0 Å². The molecule has 1 rings (SSSR count). The van der Waals surface area contributed by atoms with Crippen molar-refractivity contribution in [2.24, 2.45) is 4.99 Å². The first-order valence-electron chi connectivity index (χ1n) is 3.13. The Kier molecular flexibility index (Phi) is 6.04. The summed E-state index contributed by atoms with van der Waals surface area (Å²) in [6.07, 6.45) is 2.99. The number of aliphatic imine (C=N–C) groups is 1. The molecule has 0 spiro atoms. The van der Waals surface area contributed by atoms with E-state index in [1.54, 1.807) is 6.34 Å². The third kappa shape index (κ3) is 5.47. The number of nitrogens with zero attached hydrogens (tertiary/aromatic N) is 1. The predicted molar refractivity (Wildman–Crippen MR) is 37.3 cm³/mol. The smallest absolute Gasteiger partial charge is 0.0825 e. The Labute approximate surface area is 51.0 Å². The van der Waals surface area contributed by atoms with E-state index in [0.717, 1.165) is 13.1 Å². The summed E-state index contributed by atoms with van der Waals surface area (Å²) in [5.74, 6) is 0. The van der Waals surface area contributed by atoms with Crippen LogP contribution in [-0.4, -0.2) is 19.4 Å². The summed E-state index contributed by atoms with van der Waals surface area (Å²) >= 11 is 0. The van der Waals surface area contributed by atoms with E-state index in [2.05, 4.69) is 24.2 Å². The average molecular weight is 114 g/mol. The number of rotatable bonds is 0. The van der Waals surface area contributed by atoms with Gasteiger partial charge in [-0.05, 0) is 0 Å². The molecule has 0 fully saturated rings. The number of hydrogen-bond donors (Lipinski definition) is 1. The average Bonchev–Trinajstić information content (AvgIpc) is 2.17. The summed E-state index contributed by atoms with van der Waals surface area (Å²) in [6, 6.07) is 0. The number of hydrogen-bond acceptors (Lipinski definition) is 2. The molecule has 1 N–H and O–H groups in total. The van der Waals surface area contributed by atoms with Crippen molar-refractivity contribution >= 4 is 6.34 Å². The molecule has 0 saturated heterocycles. The van der Waals surface area contributed by atoms with Crippen molar-refractivity contribution in [2.45, 2.75) is 20.3 Å². The van der Waals surface area contributed by atoms with Gasteiger partial charge in [-0.2, -0.15) is 0 Å². The van der Waals surface area contributed by atoms with Crippen LogP contribution in [0.3, 0.4) is 0 Å². The molecule has 1 aliphatic rings. The Balaban J connectivity index is 0.000000145. The predicted octanol–water partition coefficient (Wildman–Crippen LogP) is 1.03. The van der Waals surface area contributed by atoms with Gasteiger partial charge in [0.1, 0.15) is 0 Å². The third-order valence-electron chi connectivity index (χ3n) is 0.568. The molecule has 1 aliphatic heterocycles. The highest BCUT2D eigenvalue weighted by Gasteiger charge is 1.82. The number of nitrogens with one attached hydrogen (secondary N) is 1. The Bertz CT molecular complexity index is 53.5. The van der Waals surface area contributed by atoms with Crippen LogP contribution in [0.15, 0.2) is 4.99 Å². The molecule has 0 aliphatic carbocycles. The molecular weight excluding hydrogens is 100 g/mol. The summed E-state index contributed by atoms with van der Waals surface area (Å²) < 4.78 is 0. The van der Waals surface area contributed by atoms with Gasteiger partial charge in [-0.1, -0.05) is 20.3 Å². The summed E-state index contributed by atoms with van der Waals surface area (Å²) in [4.78, 5) is 3.85. The minimum atomic E-state index is 0.958. The van der Waals surface area contributed by atoms with Gasteiger partial charge in [-0.15, -0.1) is 0 Å². The maximum atomic E-state index is 3.85. The molecule has 0 aromatic carbocycles. The van der Waals surface area contributed by atoms with E-state index in [-0.39, 0.29) is 0 Å². The van der Waals surface area contributed by atoms with E-state index in [9.17, 15) is 0 Å². The first-order valence-corrected chi connectivity index (χ1v) is 3.13. The molecule has 1 heterocycles. The van der Waals surface area contributed by atoms with E-state index in [1.165, 1.54) is 6.42 Å². The molecule has 0 atom stereocenters. The van der Waals surface area contributed by atoms with Gasteiger partial charge >= 0.3 is 0 Å². The van der Waals surface area contributed by atoms with Crippen LogP contribution in [0.4, 0.5) is 0 Å². The maximum Gasteiger partial charge on any atom is 0.0825 e. The molecule has 2 nitrogen and oxygen atoms in total. The third-order valence-corrected chi connectivity index (χ3v) is 0.568. The van der Waals surface area contributed by atoms with Crippen molar-refractivity contribution in [1.29, 1.82) is 0 Å². The highest BCUT2D eigenvalue weighted by Crippen LogP contribution is 1.68. The van der Waals surface area contributed by atoms with Crippen molar-refractivity contribution in [3.05, 3.63) is 0 Å². The minimum absolute atomic E-state index is 0.958. The first kappa shape index (κ1) is 7.47. The van der Waals surface area contributed by atoms with E-state index < -0.39 is 0 Å². The molecule has 0 radical (unpaired) electrons. The molecule has 0 unspecified atom stereocenters. The van der Waals surface area contributed by atoms with Crippen molar-refractivity contribution in [3.8, 4) is 0 Å². The van der Waals surface area contributed by atoms with E-state index in [0.29, 0.717) is 0 Å². The van der Waals surface area contributed by atoms with Gasteiger partial charge < -0.3 is 5.32 Å². The second kappa shape index (κ2) is 6.47. The summed E-state index contributed by atoms with van der Waals surface area (Å²) in [5, 5.41) is 2.93. The molecule has 0 aromatic rings. The topological polar surface area (TPSA) is 24.4 Å². The van der Waals surface area contributed by atoms with Gasteiger partial charge in [0, 0.05) is 6.54 Å². The lowest BCUT2D eigenvalue weighted by Gasteiger charge is -1.75. The lowest BCUT2D eigenvalue weighted by molar-refractivity contribution is 0.965. The second-order valence-electron chi connectivity index (χ2n) is 1.70. The molecule has 2 heteroatoms. The Hall–Kier alpha value is -0.530. The molecule has 0 bridgehead atoms. The fourth-order valence-electron chi connectivity index (χ4n) is 0.323. The van der Waals surface area contributed by atoms with Gasteiger partial charge in [0.2, 0.25) is 0 Å². The zero-order valence-corrected chi connectivity index (χ0v) is 5.65. The lowest BCUT2D eigenvalue weighted by atomic mass is 10.6. The molecule has 48 valence electrons. The van der Waals surface area contributed by atoms with Crippen LogP contribution in [0.25, 0.3) is 0 Å². The summed E-state index contributed by atoms with van der Waals surface area (Å²) in [6.45, 7) is 6.24. The molecule has 0 saturated carbocycles. The van der Waals surface area contributed by atoms with Crippen LogP contribution in [0, 0.1) is 0 Å². The zero-order chi connectivity index (χ0) is 6.24. The Morgan fingerprint density at radius 3 is 2.38 bits per heavy atom.